The molecule has 9 heteroatoms. The predicted octanol–water partition coefficient (Wildman–Crippen LogP) is 6.16. The minimum absolute atomic E-state index is 0.0959. The smallest absolute Gasteiger partial charge is 0.341 e. The number of carbonyl (C=O) groups is 1. The average Bonchev–Trinajstić information content (AvgIpc) is 3.42. The molecule has 36 heavy (non-hydrogen) atoms. The largest absolute Gasteiger partial charge is 0.479 e. The van der Waals surface area contributed by atoms with Crippen molar-refractivity contribution in [2.75, 3.05) is 13.7 Å². The highest BCUT2D eigenvalue weighted by molar-refractivity contribution is 5.99. The number of hydrogen-bond donors (Lipinski definition) is 2. The zero-order valence-corrected chi connectivity index (χ0v) is 20.4. The number of benzene rings is 2. The number of H-pyrrole nitrogens is 1. The highest BCUT2D eigenvalue weighted by Crippen LogP contribution is 2.48. The standard InChI is InChI=1S/C27H28F3N3O3/c1-26(2,14-36-3)24-23(15-6-8-27(30,9-7-15)25(34)35)18-12-21-16(13-31-32-21)10-22(18)33(24)17-4-5-19(28)20(29)11-17/h4-5,10-13,15H,6-9,14H2,1-3H3,(H,31,32)(H,34,35)/t15-,27+. The topological polar surface area (TPSA) is 80.1 Å². The number of carboxylic acid groups (broad SMARTS) is 1. The van der Waals surface area contributed by atoms with Crippen LogP contribution in [0.2, 0.25) is 0 Å². The number of ether oxygens (including phenoxy) is 1. The molecule has 1 aliphatic rings. The Morgan fingerprint density at radius 1 is 1.22 bits per heavy atom. The molecule has 190 valence electrons. The maximum Gasteiger partial charge on any atom is 0.341 e. The van der Waals surface area contributed by atoms with Gasteiger partial charge in [-0.3, -0.25) is 5.10 Å². The van der Waals surface area contributed by atoms with Gasteiger partial charge in [-0.05, 0) is 61.4 Å². The Morgan fingerprint density at radius 3 is 2.58 bits per heavy atom. The number of rotatable bonds is 6. The van der Waals surface area contributed by atoms with E-state index in [0.29, 0.717) is 25.1 Å². The summed E-state index contributed by atoms with van der Waals surface area (Å²) in [6.07, 6.45) is 2.19. The van der Waals surface area contributed by atoms with Crippen molar-refractivity contribution in [2.24, 2.45) is 0 Å². The second-order valence-corrected chi connectivity index (χ2v) is 10.4. The summed E-state index contributed by atoms with van der Waals surface area (Å²) < 4.78 is 50.8. The SMILES string of the molecule is COCC(C)(C)c1c([C@H]2CC[C@](F)(C(=O)O)CC2)c2cc3[nH]ncc3cc2n1-c1ccc(F)c(F)c1. The molecule has 0 saturated heterocycles. The van der Waals surface area contributed by atoms with E-state index in [0.717, 1.165) is 39.1 Å². The molecular weight excluding hydrogens is 471 g/mol. The fourth-order valence-corrected chi connectivity index (χ4v) is 5.73. The third-order valence-electron chi connectivity index (χ3n) is 7.44. The molecule has 5 rings (SSSR count). The average molecular weight is 500 g/mol. The second-order valence-electron chi connectivity index (χ2n) is 10.4. The molecule has 2 aromatic heterocycles. The van der Waals surface area contributed by atoms with Gasteiger partial charge in [0.15, 0.2) is 11.6 Å². The van der Waals surface area contributed by atoms with E-state index in [1.165, 1.54) is 12.1 Å². The molecule has 0 bridgehead atoms. The summed E-state index contributed by atoms with van der Waals surface area (Å²) in [5.74, 6) is -3.46. The number of hydrogen-bond acceptors (Lipinski definition) is 3. The number of alkyl halides is 1. The van der Waals surface area contributed by atoms with Crippen LogP contribution in [0.3, 0.4) is 0 Å². The van der Waals surface area contributed by atoms with Crippen LogP contribution < -0.4 is 0 Å². The Balaban J connectivity index is 1.82. The van der Waals surface area contributed by atoms with E-state index >= 15 is 0 Å². The van der Waals surface area contributed by atoms with Gasteiger partial charge in [-0.15, -0.1) is 0 Å². The number of fused-ring (bicyclic) bond motifs is 2. The fourth-order valence-electron chi connectivity index (χ4n) is 5.73. The number of methoxy groups -OCH3 is 1. The van der Waals surface area contributed by atoms with Crippen LogP contribution >= 0.6 is 0 Å². The van der Waals surface area contributed by atoms with Crippen LogP contribution in [-0.2, 0) is 14.9 Å². The molecule has 0 radical (unpaired) electrons. The maximum atomic E-state index is 15.0. The van der Waals surface area contributed by atoms with E-state index in [9.17, 15) is 23.1 Å². The van der Waals surface area contributed by atoms with Gasteiger partial charge in [-0.25, -0.2) is 18.0 Å². The maximum absolute atomic E-state index is 15.0. The van der Waals surface area contributed by atoms with Gasteiger partial charge in [-0.2, -0.15) is 5.10 Å². The number of aliphatic carboxylic acids is 1. The molecule has 2 N–H and O–H groups in total. The van der Waals surface area contributed by atoms with Crippen LogP contribution in [0.5, 0.6) is 0 Å². The van der Waals surface area contributed by atoms with Gasteiger partial charge in [0.1, 0.15) is 0 Å². The van der Waals surface area contributed by atoms with Crippen LogP contribution in [0.15, 0.2) is 36.5 Å². The number of aromatic amines is 1. The first kappa shape index (κ1) is 24.4. The summed E-state index contributed by atoms with van der Waals surface area (Å²) in [4.78, 5) is 11.5. The van der Waals surface area contributed by atoms with Crippen LogP contribution in [0.4, 0.5) is 13.2 Å². The van der Waals surface area contributed by atoms with E-state index < -0.39 is 28.7 Å². The lowest BCUT2D eigenvalue weighted by Crippen LogP contribution is -2.38. The van der Waals surface area contributed by atoms with Crippen molar-refractivity contribution < 1.29 is 27.8 Å². The summed E-state index contributed by atoms with van der Waals surface area (Å²) in [5, 5.41) is 18.3. The molecule has 0 aliphatic heterocycles. The predicted molar refractivity (Wildman–Crippen MR) is 130 cm³/mol. The van der Waals surface area contributed by atoms with Crippen LogP contribution in [0.25, 0.3) is 27.5 Å². The zero-order chi connectivity index (χ0) is 25.8. The van der Waals surface area contributed by atoms with Crippen molar-refractivity contribution in [1.29, 1.82) is 0 Å². The lowest BCUT2D eigenvalue weighted by Gasteiger charge is -2.34. The summed E-state index contributed by atoms with van der Waals surface area (Å²) in [6, 6.07) is 7.73. The Labute approximate surface area is 206 Å². The third kappa shape index (κ3) is 3.86. The highest BCUT2D eigenvalue weighted by Gasteiger charge is 2.44. The van der Waals surface area contributed by atoms with Crippen molar-refractivity contribution in [3.05, 3.63) is 59.4 Å². The van der Waals surface area contributed by atoms with Gasteiger partial charge in [-0.1, -0.05) is 13.8 Å². The van der Waals surface area contributed by atoms with Crippen LogP contribution in [-0.4, -0.2) is 45.2 Å². The van der Waals surface area contributed by atoms with Gasteiger partial charge in [0, 0.05) is 40.7 Å². The van der Waals surface area contributed by atoms with Gasteiger partial charge in [0.05, 0.1) is 23.8 Å². The lowest BCUT2D eigenvalue weighted by molar-refractivity contribution is -0.153. The number of aromatic nitrogens is 3. The third-order valence-corrected chi connectivity index (χ3v) is 7.44. The quantitative estimate of drug-likeness (QED) is 0.333. The first-order valence-electron chi connectivity index (χ1n) is 11.9. The van der Waals surface area contributed by atoms with E-state index in [1.807, 2.05) is 30.5 Å². The van der Waals surface area contributed by atoms with Crippen molar-refractivity contribution in [3.8, 4) is 5.69 Å². The van der Waals surface area contributed by atoms with E-state index in [2.05, 4.69) is 10.2 Å². The molecule has 0 unspecified atom stereocenters. The first-order chi connectivity index (χ1) is 17.1. The molecule has 0 atom stereocenters. The Kier molecular flexibility index (Phi) is 5.86. The second kappa shape index (κ2) is 8.65. The summed E-state index contributed by atoms with van der Waals surface area (Å²) in [6.45, 7) is 4.36. The minimum atomic E-state index is -2.24. The molecule has 1 fully saturated rings. The van der Waals surface area contributed by atoms with Gasteiger partial charge >= 0.3 is 5.97 Å². The number of nitrogens with one attached hydrogen (secondary N) is 1. The normalized spacial score (nSPS) is 20.9. The molecule has 1 saturated carbocycles. The highest BCUT2D eigenvalue weighted by atomic mass is 19.2. The molecule has 0 amide bonds. The Hall–Kier alpha value is -3.33. The van der Waals surface area contributed by atoms with Crippen LogP contribution in [0, 0.1) is 11.6 Å². The van der Waals surface area contributed by atoms with Gasteiger partial charge < -0.3 is 14.4 Å². The Morgan fingerprint density at radius 2 is 1.94 bits per heavy atom. The number of nitrogens with zero attached hydrogens (tertiary/aromatic N) is 2. The molecule has 1 aliphatic carbocycles. The minimum Gasteiger partial charge on any atom is -0.479 e. The molecule has 2 aromatic carbocycles. The van der Waals surface area contributed by atoms with Crippen molar-refractivity contribution >= 4 is 27.8 Å². The summed E-state index contributed by atoms with van der Waals surface area (Å²) in [7, 11) is 1.60. The Bertz CT molecular complexity index is 1470. The van der Waals surface area contributed by atoms with Crippen molar-refractivity contribution in [1.82, 2.24) is 14.8 Å². The van der Waals surface area contributed by atoms with Gasteiger partial charge in [0.2, 0.25) is 5.67 Å². The fraction of sp³-hybridized carbons (Fsp3) is 0.407. The van der Waals surface area contributed by atoms with Gasteiger partial charge in [0.25, 0.3) is 0 Å². The van der Waals surface area contributed by atoms with E-state index in [4.69, 9.17) is 4.74 Å². The molecular formula is C27H28F3N3O3. The van der Waals surface area contributed by atoms with Crippen molar-refractivity contribution in [3.63, 3.8) is 0 Å². The number of halogens is 3. The monoisotopic (exact) mass is 499 g/mol. The molecule has 2 heterocycles. The number of carboxylic acids is 1. The van der Waals surface area contributed by atoms with E-state index in [1.54, 1.807) is 13.3 Å². The van der Waals surface area contributed by atoms with Crippen LogP contribution in [0.1, 0.15) is 56.7 Å². The lowest BCUT2D eigenvalue weighted by atomic mass is 9.73. The molecule has 0 spiro atoms. The first-order valence-corrected chi connectivity index (χ1v) is 11.9. The molecule has 6 nitrogen and oxygen atoms in total. The van der Waals surface area contributed by atoms with Crippen molar-refractivity contribution in [2.45, 2.75) is 56.5 Å². The van der Waals surface area contributed by atoms with E-state index in [-0.39, 0.29) is 18.8 Å². The summed E-state index contributed by atoms with van der Waals surface area (Å²) >= 11 is 0. The summed E-state index contributed by atoms with van der Waals surface area (Å²) in [5.41, 5.74) is 1.01. The molecule has 4 aromatic rings. The zero-order valence-electron chi connectivity index (χ0n) is 20.4.